The van der Waals surface area contributed by atoms with E-state index in [0.29, 0.717) is 42.7 Å². The fourth-order valence-electron chi connectivity index (χ4n) is 5.15. The van der Waals surface area contributed by atoms with Crippen LogP contribution < -0.4 is 20.9 Å². The summed E-state index contributed by atoms with van der Waals surface area (Å²) in [6, 6.07) is 17.7. The first-order valence-electron chi connectivity index (χ1n) is 14.2. The molecule has 0 bridgehead atoms. The zero-order chi connectivity index (χ0) is 30.0. The van der Waals surface area contributed by atoms with Crippen LogP contribution in [0.3, 0.4) is 0 Å². The van der Waals surface area contributed by atoms with Crippen molar-refractivity contribution in [1.29, 1.82) is 10.5 Å². The van der Waals surface area contributed by atoms with Gasteiger partial charge in [-0.25, -0.2) is 14.8 Å². The molecule has 1 aliphatic rings. The number of carbonyl (C=O) groups is 1. The Labute approximate surface area is 250 Å². The van der Waals surface area contributed by atoms with Crippen LogP contribution in [-0.2, 0) is 13.6 Å². The highest BCUT2D eigenvalue weighted by Gasteiger charge is 2.31. The number of carbonyl (C=O) groups excluding carboxylic acids is 1. The van der Waals surface area contributed by atoms with Crippen LogP contribution >= 0.6 is 0 Å². The summed E-state index contributed by atoms with van der Waals surface area (Å²) in [5.74, 6) is 1.43. The first-order chi connectivity index (χ1) is 21.0. The highest BCUT2D eigenvalue weighted by molar-refractivity contribution is 5.91. The molecule has 1 fully saturated rings. The standard InChI is InChI=1S/C31H33N11O/c1-41-21-25(20-38-41)23-8-13-28(35-18-23)42(31(43)37-17-22-6-3-2-4-7-22)27-11-9-26(10-12-27)39-30-36-19-24(16-33)29(40-30)34-15-5-14-32/h2-4,6-8,13,18-21,26-27H,5,9-12,15,17H2,1H3,(H,37,43)(H2,34,36,39,40). The van der Waals surface area contributed by atoms with Gasteiger partial charge in [-0.2, -0.15) is 20.6 Å². The largest absolute Gasteiger partial charge is 0.368 e. The molecule has 218 valence electrons. The smallest absolute Gasteiger partial charge is 0.323 e. The molecule has 5 rings (SSSR count). The fraction of sp³-hybridized carbons (Fsp3) is 0.323. The van der Waals surface area contributed by atoms with Crippen LogP contribution in [0.4, 0.5) is 22.4 Å². The van der Waals surface area contributed by atoms with Gasteiger partial charge in [0.25, 0.3) is 0 Å². The zero-order valence-electron chi connectivity index (χ0n) is 23.9. The van der Waals surface area contributed by atoms with Gasteiger partial charge in [0.1, 0.15) is 23.3 Å². The van der Waals surface area contributed by atoms with Gasteiger partial charge in [0.2, 0.25) is 5.95 Å². The van der Waals surface area contributed by atoms with Crippen LogP contribution in [0.25, 0.3) is 11.1 Å². The molecular formula is C31H33N11O. The maximum atomic E-state index is 13.6. The number of nitriles is 2. The number of aromatic nitrogens is 5. The molecule has 1 aliphatic carbocycles. The lowest BCUT2D eigenvalue weighted by Crippen LogP contribution is -2.49. The van der Waals surface area contributed by atoms with Crippen LogP contribution in [0.15, 0.2) is 67.3 Å². The van der Waals surface area contributed by atoms with Crippen molar-refractivity contribution in [3.63, 3.8) is 0 Å². The third-order valence-electron chi connectivity index (χ3n) is 7.37. The first kappa shape index (κ1) is 29.0. The van der Waals surface area contributed by atoms with E-state index in [4.69, 9.17) is 10.2 Å². The van der Waals surface area contributed by atoms with Gasteiger partial charge in [0, 0.05) is 55.7 Å². The zero-order valence-corrected chi connectivity index (χ0v) is 23.9. The quantitative estimate of drug-likeness (QED) is 0.229. The van der Waals surface area contributed by atoms with Crippen molar-refractivity contribution < 1.29 is 4.79 Å². The van der Waals surface area contributed by atoms with Gasteiger partial charge in [-0.05, 0) is 43.4 Å². The van der Waals surface area contributed by atoms with Crippen molar-refractivity contribution in [3.05, 3.63) is 78.4 Å². The Bertz CT molecular complexity index is 1600. The number of anilines is 3. The highest BCUT2D eigenvalue weighted by atomic mass is 16.2. The van der Waals surface area contributed by atoms with Crippen LogP contribution in [-0.4, -0.2) is 49.4 Å². The van der Waals surface area contributed by atoms with Gasteiger partial charge in [-0.3, -0.25) is 9.58 Å². The minimum atomic E-state index is -0.189. The third kappa shape index (κ3) is 7.43. The number of nitrogens with one attached hydrogen (secondary N) is 3. The number of hydrogen-bond donors (Lipinski definition) is 3. The predicted molar refractivity (Wildman–Crippen MR) is 163 cm³/mol. The van der Waals surface area contributed by atoms with Crippen molar-refractivity contribution in [2.24, 2.45) is 7.05 Å². The number of nitrogens with zero attached hydrogens (tertiary/aromatic N) is 8. The van der Waals surface area contributed by atoms with Crippen molar-refractivity contribution in [2.45, 2.75) is 50.7 Å². The number of pyridine rings is 1. The van der Waals surface area contributed by atoms with E-state index in [1.807, 2.05) is 55.7 Å². The first-order valence-corrected chi connectivity index (χ1v) is 14.2. The second kappa shape index (κ2) is 13.9. The number of aryl methyl sites for hydroxylation is 1. The summed E-state index contributed by atoms with van der Waals surface area (Å²) in [5, 5.41) is 31.9. The number of urea groups is 1. The molecule has 0 atom stereocenters. The van der Waals surface area contributed by atoms with Gasteiger partial charge < -0.3 is 16.0 Å². The Morgan fingerprint density at radius 3 is 2.51 bits per heavy atom. The minimum Gasteiger partial charge on any atom is -0.368 e. The van der Waals surface area contributed by atoms with Gasteiger partial charge in [0.05, 0.1) is 24.9 Å². The van der Waals surface area contributed by atoms with E-state index in [1.165, 1.54) is 6.20 Å². The maximum absolute atomic E-state index is 13.6. The molecule has 0 aliphatic heterocycles. The van der Waals surface area contributed by atoms with Crippen molar-refractivity contribution in [2.75, 3.05) is 22.1 Å². The lowest BCUT2D eigenvalue weighted by molar-refractivity contribution is 0.240. The van der Waals surface area contributed by atoms with E-state index in [1.54, 1.807) is 22.0 Å². The van der Waals surface area contributed by atoms with Gasteiger partial charge in [-0.1, -0.05) is 30.3 Å². The van der Waals surface area contributed by atoms with Crippen molar-refractivity contribution in [3.8, 4) is 23.3 Å². The summed E-state index contributed by atoms with van der Waals surface area (Å²) in [4.78, 5) is 28.9. The molecule has 2 amide bonds. The van der Waals surface area contributed by atoms with Gasteiger partial charge >= 0.3 is 6.03 Å². The number of benzene rings is 1. The Morgan fingerprint density at radius 2 is 1.84 bits per heavy atom. The summed E-state index contributed by atoms with van der Waals surface area (Å²) < 4.78 is 1.74. The molecule has 3 aromatic heterocycles. The predicted octanol–water partition coefficient (Wildman–Crippen LogP) is 4.61. The molecule has 0 unspecified atom stereocenters. The molecule has 0 radical (unpaired) electrons. The van der Waals surface area contributed by atoms with Crippen LogP contribution in [0.2, 0.25) is 0 Å². The molecule has 1 aromatic carbocycles. The van der Waals surface area contributed by atoms with Gasteiger partial charge in [-0.15, -0.1) is 0 Å². The minimum absolute atomic E-state index is 0.0457. The SMILES string of the molecule is Cn1cc(-c2ccc(N(C(=O)NCc3ccccc3)C3CCC(Nc4ncc(C#N)c(NCCC#N)n4)CC3)nc2)cn1. The fourth-order valence-corrected chi connectivity index (χ4v) is 5.15. The third-order valence-corrected chi connectivity index (χ3v) is 7.37. The molecule has 3 heterocycles. The van der Waals surface area contributed by atoms with E-state index in [-0.39, 0.29) is 18.1 Å². The Morgan fingerprint density at radius 1 is 1.02 bits per heavy atom. The second-order valence-corrected chi connectivity index (χ2v) is 10.4. The molecule has 0 saturated heterocycles. The normalized spacial score (nSPS) is 16.0. The van der Waals surface area contributed by atoms with Crippen LogP contribution in [0.5, 0.6) is 0 Å². The van der Waals surface area contributed by atoms with E-state index in [0.717, 1.165) is 42.4 Å². The summed E-state index contributed by atoms with van der Waals surface area (Å²) in [6.07, 6.45) is 10.4. The van der Waals surface area contributed by atoms with Gasteiger partial charge in [0.15, 0.2) is 0 Å². The van der Waals surface area contributed by atoms with E-state index >= 15 is 0 Å². The van der Waals surface area contributed by atoms with E-state index < -0.39 is 0 Å². The second-order valence-electron chi connectivity index (χ2n) is 10.4. The Kier molecular flexibility index (Phi) is 9.39. The molecule has 12 nitrogen and oxygen atoms in total. The van der Waals surface area contributed by atoms with Crippen molar-refractivity contribution in [1.82, 2.24) is 30.0 Å². The topological polar surface area (TPSA) is 160 Å². The molecule has 0 spiro atoms. The molecule has 4 aromatic rings. The monoisotopic (exact) mass is 575 g/mol. The lowest BCUT2D eigenvalue weighted by Gasteiger charge is -2.36. The number of amides is 2. The number of rotatable bonds is 10. The lowest BCUT2D eigenvalue weighted by atomic mass is 9.90. The summed E-state index contributed by atoms with van der Waals surface area (Å²) >= 11 is 0. The maximum Gasteiger partial charge on any atom is 0.323 e. The summed E-state index contributed by atoms with van der Waals surface area (Å²) in [5.41, 5.74) is 3.24. The van der Waals surface area contributed by atoms with Crippen LogP contribution in [0.1, 0.15) is 43.2 Å². The average Bonchev–Trinajstić information content (AvgIpc) is 3.48. The molecule has 43 heavy (non-hydrogen) atoms. The van der Waals surface area contributed by atoms with Crippen molar-refractivity contribution >= 4 is 23.6 Å². The molecule has 3 N–H and O–H groups in total. The molecular weight excluding hydrogens is 542 g/mol. The molecule has 12 heteroatoms. The summed E-state index contributed by atoms with van der Waals surface area (Å²) in [7, 11) is 1.87. The Balaban J connectivity index is 1.28. The highest BCUT2D eigenvalue weighted by Crippen LogP contribution is 2.29. The number of hydrogen-bond acceptors (Lipinski definition) is 9. The Hall–Kier alpha value is -5.49. The van der Waals surface area contributed by atoms with E-state index in [9.17, 15) is 10.1 Å². The van der Waals surface area contributed by atoms with Crippen LogP contribution in [0, 0.1) is 22.7 Å². The van der Waals surface area contributed by atoms with E-state index in [2.05, 4.69) is 43.2 Å². The summed E-state index contributed by atoms with van der Waals surface area (Å²) in [6.45, 7) is 0.813. The molecule has 1 saturated carbocycles. The average molecular weight is 576 g/mol.